The highest BCUT2D eigenvalue weighted by molar-refractivity contribution is 6.23. The Balaban J connectivity index is 0.732. The number of likely N-dealkylation sites (tertiary alicyclic amines) is 1. The highest BCUT2D eigenvalue weighted by Crippen LogP contribution is 2.47. The molecule has 3 fully saturated rings. The standard InChI is InChI=1S/C48H48FN5O6/c49-34-6-1-28(2-7-34)38-11-5-31-23-37(55)10-12-39(31)44(38)29-3-8-35(9-4-29)52-21-17-36(18-22-52)51-19-15-30(16-20-51)46(58)53-26-32-24-40-41(25-33(32)27-53)48(60)54(47(40)59)42-13-14-43(56)50-45(42)57/h1-4,6-10,12,23-25,30,36,38,42,44,55H,5,11,13-22,26-27H2,(H,50,56,57)/t38-,42-,44+/m1/s1. The minimum atomic E-state index is -1.01. The largest absolute Gasteiger partial charge is 0.508 e. The Morgan fingerprint density at radius 1 is 0.683 bits per heavy atom. The third-order valence-corrected chi connectivity index (χ3v) is 14.2. The predicted molar refractivity (Wildman–Crippen MR) is 221 cm³/mol. The number of anilines is 1. The van der Waals surface area contributed by atoms with Crippen LogP contribution in [0.1, 0.15) is 111 Å². The molecule has 4 aromatic rings. The third kappa shape index (κ3) is 6.84. The molecule has 308 valence electrons. The van der Waals surface area contributed by atoms with Gasteiger partial charge in [-0.05, 0) is 146 Å². The summed E-state index contributed by atoms with van der Waals surface area (Å²) >= 11 is 0. The van der Waals surface area contributed by atoms with E-state index in [1.165, 1.54) is 22.4 Å². The van der Waals surface area contributed by atoms with Crippen LogP contribution in [0.4, 0.5) is 10.1 Å². The second kappa shape index (κ2) is 15.3. The molecule has 0 aromatic heterocycles. The second-order valence-corrected chi connectivity index (χ2v) is 17.5. The van der Waals surface area contributed by atoms with Crippen molar-refractivity contribution in [2.24, 2.45) is 5.92 Å². The van der Waals surface area contributed by atoms with Crippen molar-refractivity contribution in [3.63, 3.8) is 0 Å². The van der Waals surface area contributed by atoms with Crippen LogP contribution in [0.25, 0.3) is 0 Å². The van der Waals surface area contributed by atoms with Crippen molar-refractivity contribution in [3.8, 4) is 5.75 Å². The number of amides is 5. The molecular formula is C48H48FN5O6. The number of phenolic OH excluding ortho intramolecular Hbond substituents is 1. The normalized spacial score (nSPS) is 23.8. The number of rotatable bonds is 6. The average molecular weight is 810 g/mol. The van der Waals surface area contributed by atoms with E-state index in [2.05, 4.69) is 45.4 Å². The molecule has 0 radical (unpaired) electrons. The van der Waals surface area contributed by atoms with E-state index in [1.54, 1.807) is 30.3 Å². The molecule has 5 aliphatic heterocycles. The summed E-state index contributed by atoms with van der Waals surface area (Å²) in [5.41, 5.74) is 8.14. The van der Waals surface area contributed by atoms with Crippen LogP contribution < -0.4 is 10.2 Å². The molecule has 1 aliphatic carbocycles. The molecule has 12 heteroatoms. The van der Waals surface area contributed by atoms with E-state index in [0.29, 0.717) is 19.1 Å². The monoisotopic (exact) mass is 809 g/mol. The fraction of sp³-hybridized carbons (Fsp3) is 0.396. The summed E-state index contributed by atoms with van der Waals surface area (Å²) in [6.45, 7) is 4.43. The van der Waals surface area contributed by atoms with E-state index < -0.39 is 29.7 Å². The number of carbonyl (C=O) groups excluding carboxylic acids is 5. The summed E-state index contributed by atoms with van der Waals surface area (Å²) in [5.74, 6) is -1.70. The number of phenols is 1. The van der Waals surface area contributed by atoms with E-state index in [-0.39, 0.29) is 59.2 Å². The number of aryl methyl sites for hydroxylation is 1. The number of benzene rings is 4. The third-order valence-electron chi connectivity index (χ3n) is 14.2. The van der Waals surface area contributed by atoms with E-state index in [4.69, 9.17) is 0 Å². The molecule has 0 saturated carbocycles. The van der Waals surface area contributed by atoms with Gasteiger partial charge in [-0.1, -0.05) is 30.3 Å². The van der Waals surface area contributed by atoms with Crippen molar-refractivity contribution in [1.82, 2.24) is 20.0 Å². The fourth-order valence-corrected chi connectivity index (χ4v) is 11.0. The summed E-state index contributed by atoms with van der Waals surface area (Å²) in [7, 11) is 0. The van der Waals surface area contributed by atoms with Gasteiger partial charge in [0, 0.05) is 56.2 Å². The number of carbonyl (C=O) groups is 5. The van der Waals surface area contributed by atoms with Gasteiger partial charge in [-0.15, -0.1) is 0 Å². The van der Waals surface area contributed by atoms with Crippen LogP contribution in [-0.4, -0.2) is 87.6 Å². The highest BCUT2D eigenvalue weighted by Gasteiger charge is 2.46. The zero-order chi connectivity index (χ0) is 41.2. The van der Waals surface area contributed by atoms with Gasteiger partial charge in [0.1, 0.15) is 17.6 Å². The first-order valence-electron chi connectivity index (χ1n) is 21.4. The van der Waals surface area contributed by atoms with Gasteiger partial charge >= 0.3 is 0 Å². The van der Waals surface area contributed by atoms with Crippen molar-refractivity contribution < 1.29 is 33.5 Å². The van der Waals surface area contributed by atoms with Crippen LogP contribution in [0, 0.1) is 11.7 Å². The Labute approximate surface area is 348 Å². The lowest BCUT2D eigenvalue weighted by Gasteiger charge is -2.42. The number of nitrogens with zero attached hydrogens (tertiary/aromatic N) is 4. The Bertz CT molecular complexity index is 2360. The van der Waals surface area contributed by atoms with Gasteiger partial charge in [0.15, 0.2) is 0 Å². The predicted octanol–water partition coefficient (Wildman–Crippen LogP) is 6.02. The minimum absolute atomic E-state index is 0.0698. The average Bonchev–Trinajstić information content (AvgIpc) is 3.79. The lowest BCUT2D eigenvalue weighted by atomic mass is 9.69. The van der Waals surface area contributed by atoms with Crippen LogP contribution in [0.3, 0.4) is 0 Å². The number of imide groups is 2. The molecule has 5 heterocycles. The van der Waals surface area contributed by atoms with Gasteiger partial charge in [-0.2, -0.15) is 0 Å². The van der Waals surface area contributed by atoms with Crippen LogP contribution >= 0.6 is 0 Å². The summed E-state index contributed by atoms with van der Waals surface area (Å²) in [5, 5.41) is 12.5. The second-order valence-electron chi connectivity index (χ2n) is 17.5. The molecule has 10 rings (SSSR count). The van der Waals surface area contributed by atoms with Crippen LogP contribution in [-0.2, 0) is 33.9 Å². The van der Waals surface area contributed by atoms with Gasteiger partial charge < -0.3 is 19.8 Å². The Kier molecular flexibility index (Phi) is 9.77. The number of nitrogens with one attached hydrogen (secondary N) is 1. The van der Waals surface area contributed by atoms with Crippen molar-refractivity contribution in [3.05, 3.63) is 129 Å². The summed E-state index contributed by atoms with van der Waals surface area (Å²) in [6, 6.07) is 24.5. The molecule has 5 amide bonds. The van der Waals surface area contributed by atoms with E-state index in [0.717, 1.165) is 86.3 Å². The molecule has 3 atom stereocenters. The number of hydrogen-bond donors (Lipinski definition) is 2. The first kappa shape index (κ1) is 38.3. The summed E-state index contributed by atoms with van der Waals surface area (Å²) in [4.78, 5) is 72.5. The molecule has 3 saturated heterocycles. The van der Waals surface area contributed by atoms with E-state index in [1.807, 2.05) is 23.1 Å². The van der Waals surface area contributed by atoms with E-state index >= 15 is 0 Å². The molecule has 0 unspecified atom stereocenters. The van der Waals surface area contributed by atoms with Crippen LogP contribution in [0.2, 0.25) is 0 Å². The van der Waals surface area contributed by atoms with Gasteiger partial charge in [0.2, 0.25) is 17.7 Å². The molecule has 11 nitrogen and oxygen atoms in total. The SMILES string of the molecule is O=C1CC[C@@H](N2C(=O)c3cc4c(cc3C2=O)CN(C(=O)C2CCN(C3CCN(c5ccc([C@@H]6c7ccc(O)cc7CC[C@@H]6c6ccc(F)cc6)cc5)CC3)CC2)C4)C(=O)N1. The van der Waals surface area contributed by atoms with Gasteiger partial charge in [-0.3, -0.25) is 34.2 Å². The Morgan fingerprint density at radius 2 is 1.33 bits per heavy atom. The Hall–Kier alpha value is -5.88. The fourth-order valence-electron chi connectivity index (χ4n) is 11.0. The number of fused-ring (bicyclic) bond motifs is 3. The number of aromatic hydroxyl groups is 1. The maximum Gasteiger partial charge on any atom is 0.262 e. The lowest BCUT2D eigenvalue weighted by Crippen LogP contribution is -2.54. The molecule has 6 aliphatic rings. The molecule has 2 N–H and O–H groups in total. The molecule has 0 bridgehead atoms. The minimum Gasteiger partial charge on any atom is -0.508 e. The van der Waals surface area contributed by atoms with Crippen molar-refractivity contribution >= 4 is 35.2 Å². The number of halogens is 1. The van der Waals surface area contributed by atoms with Crippen LogP contribution in [0.5, 0.6) is 5.75 Å². The summed E-state index contributed by atoms with van der Waals surface area (Å²) < 4.78 is 13.9. The zero-order valence-corrected chi connectivity index (χ0v) is 33.4. The van der Waals surface area contributed by atoms with Crippen LogP contribution in [0.15, 0.2) is 78.9 Å². The zero-order valence-electron chi connectivity index (χ0n) is 33.4. The Morgan fingerprint density at radius 3 is 1.98 bits per heavy atom. The maximum absolute atomic E-state index is 13.9. The topological polar surface area (TPSA) is 131 Å². The molecule has 60 heavy (non-hydrogen) atoms. The first-order valence-corrected chi connectivity index (χ1v) is 21.4. The van der Waals surface area contributed by atoms with Gasteiger partial charge in [0.05, 0.1) is 11.1 Å². The van der Waals surface area contributed by atoms with Gasteiger partial charge in [-0.25, -0.2) is 4.39 Å². The van der Waals surface area contributed by atoms with E-state index in [9.17, 15) is 33.5 Å². The molecule has 4 aromatic carbocycles. The quantitative estimate of drug-likeness (QED) is 0.227. The lowest BCUT2D eigenvalue weighted by molar-refractivity contribution is -0.138. The number of piperidine rings is 3. The molecular weight excluding hydrogens is 762 g/mol. The summed E-state index contributed by atoms with van der Waals surface area (Å²) in [6.07, 6.45) is 5.66. The van der Waals surface area contributed by atoms with Crippen molar-refractivity contribution in [2.75, 3.05) is 31.1 Å². The molecule has 0 spiro atoms. The number of hydrogen-bond acceptors (Lipinski definition) is 8. The first-order chi connectivity index (χ1) is 29.1. The smallest absolute Gasteiger partial charge is 0.262 e. The highest BCUT2D eigenvalue weighted by atomic mass is 19.1. The van der Waals surface area contributed by atoms with Crippen molar-refractivity contribution in [2.45, 2.75) is 88.4 Å². The van der Waals surface area contributed by atoms with Gasteiger partial charge in [0.25, 0.3) is 11.8 Å². The van der Waals surface area contributed by atoms with Crippen molar-refractivity contribution in [1.29, 1.82) is 0 Å². The maximum atomic E-state index is 13.9.